The molecule has 0 unspecified atom stereocenters. The molecule has 2 aromatic carbocycles. The fraction of sp³-hybridized carbons (Fsp3) is 0.0741. The van der Waals surface area contributed by atoms with Crippen LogP contribution in [0.15, 0.2) is 101 Å². The standard InChI is InChI=1S/C27H22N4OS/c1-19-17-21(20(2)30(19)24-13-15-28-16-14-24)18-25-26(32)31(23-11-7-4-8-12-23)27(33-25)29-22-9-5-3-6-10-22/h3-18H,1-2H3/b25-18+,29-27?. The molecule has 1 fully saturated rings. The molecule has 0 atom stereocenters. The highest BCUT2D eigenvalue weighted by Gasteiger charge is 2.35. The smallest absolute Gasteiger partial charge is 0.271 e. The lowest BCUT2D eigenvalue weighted by Crippen LogP contribution is -2.28. The first-order valence-electron chi connectivity index (χ1n) is 10.6. The topological polar surface area (TPSA) is 50.5 Å². The third-order valence-electron chi connectivity index (χ3n) is 5.48. The van der Waals surface area contributed by atoms with Gasteiger partial charge in [-0.05, 0) is 79.7 Å². The molecule has 5 nitrogen and oxygen atoms in total. The first-order valence-corrected chi connectivity index (χ1v) is 11.5. The molecule has 1 saturated heterocycles. The molecule has 5 rings (SSSR count). The summed E-state index contributed by atoms with van der Waals surface area (Å²) in [5.74, 6) is -0.0744. The molecule has 6 heteroatoms. The maximum absolute atomic E-state index is 13.5. The molecule has 3 heterocycles. The van der Waals surface area contributed by atoms with E-state index in [2.05, 4.69) is 29.5 Å². The van der Waals surface area contributed by atoms with E-state index in [1.807, 2.05) is 78.9 Å². The summed E-state index contributed by atoms with van der Waals surface area (Å²) in [7, 11) is 0. The quantitative estimate of drug-likeness (QED) is 0.343. The Kier molecular flexibility index (Phi) is 5.67. The Morgan fingerprint density at radius 1 is 0.879 bits per heavy atom. The van der Waals surface area contributed by atoms with Gasteiger partial charge in [0.1, 0.15) is 0 Å². The molecule has 0 saturated carbocycles. The second-order valence-corrected chi connectivity index (χ2v) is 8.69. The van der Waals surface area contributed by atoms with E-state index >= 15 is 0 Å². The van der Waals surface area contributed by atoms with E-state index < -0.39 is 0 Å². The fourth-order valence-electron chi connectivity index (χ4n) is 3.93. The first kappa shape index (κ1) is 21.0. The number of carbonyl (C=O) groups is 1. The van der Waals surface area contributed by atoms with Crippen LogP contribution in [0.5, 0.6) is 0 Å². The predicted octanol–water partition coefficient (Wildman–Crippen LogP) is 6.30. The molecule has 2 aromatic heterocycles. The van der Waals surface area contributed by atoms with Crippen molar-refractivity contribution in [1.82, 2.24) is 9.55 Å². The molecule has 1 aliphatic heterocycles. The van der Waals surface area contributed by atoms with E-state index in [0.29, 0.717) is 10.1 Å². The van der Waals surface area contributed by atoms with E-state index in [9.17, 15) is 4.79 Å². The lowest BCUT2D eigenvalue weighted by atomic mass is 10.2. The Morgan fingerprint density at radius 3 is 2.24 bits per heavy atom. The Labute approximate surface area is 197 Å². The molecule has 0 N–H and O–H groups in total. The molecule has 0 radical (unpaired) electrons. The number of carbonyl (C=O) groups excluding carboxylic acids is 1. The van der Waals surface area contributed by atoms with E-state index in [4.69, 9.17) is 4.99 Å². The summed E-state index contributed by atoms with van der Waals surface area (Å²) >= 11 is 1.40. The molecule has 1 amide bonds. The number of nitrogens with zero attached hydrogens (tertiary/aromatic N) is 4. The summed E-state index contributed by atoms with van der Waals surface area (Å²) in [6, 6.07) is 25.4. The minimum absolute atomic E-state index is 0.0744. The van der Waals surface area contributed by atoms with Gasteiger partial charge in [-0.3, -0.25) is 14.7 Å². The van der Waals surface area contributed by atoms with Gasteiger partial charge in [0, 0.05) is 29.5 Å². The SMILES string of the molecule is Cc1cc(/C=C2/SC(=Nc3ccccc3)N(c3ccccc3)C2=O)c(C)n1-c1ccncc1. The first-order chi connectivity index (χ1) is 16.1. The van der Waals surface area contributed by atoms with Gasteiger partial charge in [-0.2, -0.15) is 0 Å². The van der Waals surface area contributed by atoms with Crippen molar-refractivity contribution in [1.29, 1.82) is 0 Å². The summed E-state index contributed by atoms with van der Waals surface area (Å²) in [5.41, 5.74) is 5.83. The van der Waals surface area contributed by atoms with Crippen molar-refractivity contribution in [2.45, 2.75) is 13.8 Å². The van der Waals surface area contributed by atoms with Gasteiger partial charge in [-0.15, -0.1) is 0 Å². The summed E-state index contributed by atoms with van der Waals surface area (Å²) in [4.78, 5) is 24.8. The number of aryl methyl sites for hydroxylation is 1. The zero-order valence-electron chi connectivity index (χ0n) is 18.3. The van der Waals surface area contributed by atoms with Crippen LogP contribution in [0.1, 0.15) is 17.0 Å². The maximum atomic E-state index is 13.5. The van der Waals surface area contributed by atoms with Crippen LogP contribution in [-0.2, 0) is 4.79 Å². The Hall–Kier alpha value is -3.90. The highest BCUT2D eigenvalue weighted by Crippen LogP contribution is 2.38. The number of aliphatic imine (C=N–C) groups is 1. The van der Waals surface area contributed by atoms with E-state index in [1.54, 1.807) is 17.3 Å². The van der Waals surface area contributed by atoms with Gasteiger partial charge in [0.05, 0.1) is 16.3 Å². The highest BCUT2D eigenvalue weighted by molar-refractivity contribution is 8.19. The van der Waals surface area contributed by atoms with Crippen molar-refractivity contribution < 1.29 is 4.79 Å². The lowest BCUT2D eigenvalue weighted by Gasteiger charge is -2.15. The average Bonchev–Trinajstić information content (AvgIpc) is 3.30. The van der Waals surface area contributed by atoms with Gasteiger partial charge in [0.2, 0.25) is 0 Å². The monoisotopic (exact) mass is 450 g/mol. The molecular formula is C27H22N4OS. The molecule has 162 valence electrons. The van der Waals surface area contributed by atoms with Crippen LogP contribution < -0.4 is 4.90 Å². The predicted molar refractivity (Wildman–Crippen MR) is 136 cm³/mol. The van der Waals surface area contributed by atoms with E-state index in [1.165, 1.54) is 11.8 Å². The Balaban J connectivity index is 1.57. The zero-order valence-corrected chi connectivity index (χ0v) is 19.2. The van der Waals surface area contributed by atoms with Crippen molar-refractivity contribution in [3.63, 3.8) is 0 Å². The lowest BCUT2D eigenvalue weighted by molar-refractivity contribution is -0.113. The Morgan fingerprint density at radius 2 is 1.55 bits per heavy atom. The molecular weight excluding hydrogens is 428 g/mol. The van der Waals surface area contributed by atoms with Crippen LogP contribution in [0.3, 0.4) is 0 Å². The van der Waals surface area contributed by atoms with Gasteiger partial charge in [0.25, 0.3) is 5.91 Å². The third-order valence-corrected chi connectivity index (χ3v) is 6.45. The van der Waals surface area contributed by atoms with Gasteiger partial charge in [-0.25, -0.2) is 4.99 Å². The van der Waals surface area contributed by atoms with Gasteiger partial charge in [-0.1, -0.05) is 36.4 Å². The zero-order chi connectivity index (χ0) is 22.8. The number of hydrogen-bond donors (Lipinski definition) is 0. The molecule has 1 aliphatic rings. The van der Waals surface area contributed by atoms with Gasteiger partial charge in [0.15, 0.2) is 5.17 Å². The second-order valence-electron chi connectivity index (χ2n) is 7.68. The number of para-hydroxylation sites is 2. The van der Waals surface area contributed by atoms with Crippen LogP contribution >= 0.6 is 11.8 Å². The number of hydrogen-bond acceptors (Lipinski definition) is 4. The average molecular weight is 451 g/mol. The molecule has 4 aromatic rings. The van der Waals surface area contributed by atoms with Crippen molar-refractivity contribution in [2.24, 2.45) is 4.99 Å². The number of benzene rings is 2. The summed E-state index contributed by atoms with van der Waals surface area (Å²) in [6.07, 6.45) is 5.54. The molecule has 0 spiro atoms. The van der Waals surface area contributed by atoms with Crippen LogP contribution in [0.2, 0.25) is 0 Å². The number of amides is 1. The summed E-state index contributed by atoms with van der Waals surface area (Å²) < 4.78 is 2.17. The summed E-state index contributed by atoms with van der Waals surface area (Å²) in [5, 5.41) is 0.645. The van der Waals surface area contributed by atoms with Crippen LogP contribution in [-0.4, -0.2) is 20.6 Å². The number of pyridine rings is 1. The van der Waals surface area contributed by atoms with E-state index in [0.717, 1.165) is 34.0 Å². The second kappa shape index (κ2) is 8.92. The number of anilines is 1. The minimum atomic E-state index is -0.0744. The normalized spacial score (nSPS) is 16.2. The van der Waals surface area contributed by atoms with Gasteiger partial charge >= 0.3 is 0 Å². The van der Waals surface area contributed by atoms with Crippen molar-refractivity contribution in [3.05, 3.63) is 113 Å². The molecule has 33 heavy (non-hydrogen) atoms. The molecule has 0 aliphatic carbocycles. The summed E-state index contributed by atoms with van der Waals surface area (Å²) in [6.45, 7) is 4.13. The van der Waals surface area contributed by atoms with E-state index in [-0.39, 0.29) is 5.91 Å². The molecule has 0 bridgehead atoms. The fourth-order valence-corrected chi connectivity index (χ4v) is 4.92. The minimum Gasteiger partial charge on any atom is -0.318 e. The number of rotatable bonds is 4. The highest BCUT2D eigenvalue weighted by atomic mass is 32.2. The number of aromatic nitrogens is 2. The van der Waals surface area contributed by atoms with Crippen LogP contribution in [0, 0.1) is 13.8 Å². The Bertz CT molecular complexity index is 1360. The van der Waals surface area contributed by atoms with Crippen molar-refractivity contribution in [2.75, 3.05) is 4.90 Å². The maximum Gasteiger partial charge on any atom is 0.271 e. The van der Waals surface area contributed by atoms with Crippen LogP contribution in [0.4, 0.5) is 11.4 Å². The van der Waals surface area contributed by atoms with Crippen molar-refractivity contribution >= 4 is 40.3 Å². The number of amidine groups is 1. The van der Waals surface area contributed by atoms with Gasteiger partial charge < -0.3 is 4.57 Å². The third kappa shape index (κ3) is 4.13. The van der Waals surface area contributed by atoms with Crippen LogP contribution in [0.25, 0.3) is 11.8 Å². The van der Waals surface area contributed by atoms with Crippen molar-refractivity contribution in [3.8, 4) is 5.69 Å². The largest absolute Gasteiger partial charge is 0.318 e. The number of thioether (sulfide) groups is 1.